The normalized spacial score (nSPS) is 16.5. The van der Waals surface area contributed by atoms with E-state index in [-0.39, 0.29) is 11.9 Å². The van der Waals surface area contributed by atoms with Crippen LogP contribution in [0.2, 0.25) is 0 Å². The third kappa shape index (κ3) is 3.79. The van der Waals surface area contributed by atoms with Gasteiger partial charge in [0.25, 0.3) is 5.91 Å². The number of carbonyl (C=O) groups is 1. The molecule has 3 heterocycles. The Morgan fingerprint density at radius 2 is 2.03 bits per heavy atom. The summed E-state index contributed by atoms with van der Waals surface area (Å²) in [4.78, 5) is 19.3. The molecular formula is C21H23N5O3. The van der Waals surface area contributed by atoms with E-state index >= 15 is 0 Å². The fourth-order valence-electron chi connectivity index (χ4n) is 3.55. The number of ether oxygens (including phenoxy) is 2. The van der Waals surface area contributed by atoms with Crippen LogP contribution in [0.3, 0.4) is 0 Å². The van der Waals surface area contributed by atoms with Crippen LogP contribution in [-0.4, -0.2) is 59.8 Å². The first kappa shape index (κ1) is 18.9. The minimum absolute atomic E-state index is 0.0715. The number of methoxy groups -OCH3 is 2. The van der Waals surface area contributed by atoms with Gasteiger partial charge < -0.3 is 19.7 Å². The molecule has 8 nitrogen and oxygen atoms in total. The topological polar surface area (TPSA) is 92.4 Å². The Bertz CT molecular complexity index is 989. The molecule has 1 amide bonds. The van der Waals surface area contributed by atoms with E-state index in [1.165, 1.54) is 0 Å². The Morgan fingerprint density at radius 1 is 1.17 bits per heavy atom. The van der Waals surface area contributed by atoms with Crippen molar-refractivity contribution in [3.05, 3.63) is 60.0 Å². The molecule has 2 N–H and O–H groups in total. The summed E-state index contributed by atoms with van der Waals surface area (Å²) in [6.07, 6.45) is 3.54. The number of benzene rings is 1. The van der Waals surface area contributed by atoms with Crippen molar-refractivity contribution in [2.24, 2.45) is 0 Å². The van der Waals surface area contributed by atoms with E-state index in [0.29, 0.717) is 36.0 Å². The molecule has 8 heteroatoms. The highest BCUT2D eigenvalue weighted by atomic mass is 16.5. The fourth-order valence-corrected chi connectivity index (χ4v) is 3.55. The molecule has 1 aliphatic rings. The van der Waals surface area contributed by atoms with E-state index in [9.17, 15) is 4.79 Å². The summed E-state index contributed by atoms with van der Waals surface area (Å²) < 4.78 is 10.6. The summed E-state index contributed by atoms with van der Waals surface area (Å²) in [5.74, 6) is 1.17. The smallest absolute Gasteiger partial charge is 0.272 e. The third-order valence-corrected chi connectivity index (χ3v) is 5.06. The highest BCUT2D eigenvalue weighted by Gasteiger charge is 2.29. The summed E-state index contributed by atoms with van der Waals surface area (Å²) in [5.41, 5.74) is 2.96. The van der Waals surface area contributed by atoms with Crippen LogP contribution in [0.5, 0.6) is 11.5 Å². The Labute approximate surface area is 168 Å². The Morgan fingerprint density at radius 3 is 2.79 bits per heavy atom. The molecule has 0 radical (unpaired) electrons. The van der Waals surface area contributed by atoms with Crippen molar-refractivity contribution in [1.82, 2.24) is 25.4 Å². The second-order valence-corrected chi connectivity index (χ2v) is 6.74. The number of rotatable bonds is 5. The maximum atomic E-state index is 13.2. The number of pyridine rings is 1. The number of nitrogens with zero attached hydrogens (tertiary/aromatic N) is 3. The van der Waals surface area contributed by atoms with Gasteiger partial charge in [-0.15, -0.1) is 0 Å². The highest BCUT2D eigenvalue weighted by Crippen LogP contribution is 2.32. The van der Waals surface area contributed by atoms with E-state index in [0.717, 1.165) is 17.7 Å². The average Bonchev–Trinajstić information content (AvgIpc) is 3.29. The summed E-state index contributed by atoms with van der Waals surface area (Å²) in [6, 6.07) is 11.1. The minimum Gasteiger partial charge on any atom is -0.493 e. The highest BCUT2D eigenvalue weighted by molar-refractivity contribution is 5.93. The zero-order valence-corrected chi connectivity index (χ0v) is 16.4. The van der Waals surface area contributed by atoms with E-state index < -0.39 is 0 Å². The number of aromatic amines is 1. The number of nitrogens with one attached hydrogen (secondary N) is 2. The molecule has 29 heavy (non-hydrogen) atoms. The Hall–Kier alpha value is -3.39. The number of piperazine rings is 1. The largest absolute Gasteiger partial charge is 0.493 e. The van der Waals surface area contributed by atoms with Gasteiger partial charge in [-0.2, -0.15) is 5.10 Å². The summed E-state index contributed by atoms with van der Waals surface area (Å²) in [7, 11) is 3.18. The van der Waals surface area contributed by atoms with Gasteiger partial charge in [-0.05, 0) is 35.9 Å². The minimum atomic E-state index is -0.0837. The molecule has 0 bridgehead atoms. The summed E-state index contributed by atoms with van der Waals surface area (Å²) in [6.45, 7) is 2.05. The Kier molecular flexibility index (Phi) is 5.44. The second kappa shape index (κ2) is 8.32. The van der Waals surface area contributed by atoms with Crippen molar-refractivity contribution in [2.75, 3.05) is 33.9 Å². The molecular weight excluding hydrogens is 370 g/mol. The van der Waals surface area contributed by atoms with Gasteiger partial charge in [-0.25, -0.2) is 0 Å². The van der Waals surface area contributed by atoms with Crippen LogP contribution < -0.4 is 14.8 Å². The van der Waals surface area contributed by atoms with Gasteiger partial charge in [-0.3, -0.25) is 14.9 Å². The predicted octanol–water partition coefficient (Wildman–Crippen LogP) is 2.28. The molecule has 0 spiro atoms. The molecule has 150 valence electrons. The van der Waals surface area contributed by atoms with Crippen LogP contribution in [-0.2, 0) is 0 Å². The predicted molar refractivity (Wildman–Crippen MR) is 108 cm³/mol. The third-order valence-electron chi connectivity index (χ3n) is 5.06. The molecule has 0 saturated carbocycles. The zero-order chi connectivity index (χ0) is 20.2. The second-order valence-electron chi connectivity index (χ2n) is 6.74. The van der Waals surface area contributed by atoms with E-state index in [4.69, 9.17) is 9.47 Å². The molecule has 3 aromatic rings. The molecule has 0 aliphatic carbocycles. The lowest BCUT2D eigenvalue weighted by Crippen LogP contribution is -2.48. The van der Waals surface area contributed by atoms with Crippen LogP contribution in [0.25, 0.3) is 11.3 Å². The van der Waals surface area contributed by atoms with Crippen molar-refractivity contribution < 1.29 is 14.3 Å². The fraction of sp³-hybridized carbons (Fsp3) is 0.286. The van der Waals surface area contributed by atoms with Gasteiger partial charge in [0.1, 0.15) is 5.69 Å². The van der Waals surface area contributed by atoms with Gasteiger partial charge >= 0.3 is 0 Å². The molecule has 1 aliphatic heterocycles. The van der Waals surface area contributed by atoms with Gasteiger partial charge in [0, 0.05) is 37.6 Å². The quantitative estimate of drug-likeness (QED) is 0.691. The Balaban J connectivity index is 1.59. The van der Waals surface area contributed by atoms with Crippen molar-refractivity contribution in [3.8, 4) is 22.8 Å². The monoisotopic (exact) mass is 393 g/mol. The van der Waals surface area contributed by atoms with Gasteiger partial charge in [0.15, 0.2) is 11.5 Å². The van der Waals surface area contributed by atoms with Crippen LogP contribution in [0.15, 0.2) is 48.8 Å². The number of hydrogen-bond donors (Lipinski definition) is 2. The van der Waals surface area contributed by atoms with Gasteiger partial charge in [-0.1, -0.05) is 6.07 Å². The summed E-state index contributed by atoms with van der Waals surface area (Å²) in [5, 5.41) is 10.6. The maximum Gasteiger partial charge on any atom is 0.272 e. The molecule has 4 rings (SSSR count). The molecule has 2 aromatic heterocycles. The van der Waals surface area contributed by atoms with Gasteiger partial charge in [0.05, 0.1) is 26.0 Å². The lowest BCUT2D eigenvalue weighted by Gasteiger charge is -2.36. The van der Waals surface area contributed by atoms with Gasteiger partial charge in [0.2, 0.25) is 0 Å². The number of aromatic nitrogens is 3. The van der Waals surface area contributed by atoms with Crippen LogP contribution in [0, 0.1) is 0 Å². The molecule has 1 fully saturated rings. The number of hydrogen-bond acceptors (Lipinski definition) is 6. The first-order chi connectivity index (χ1) is 14.2. The van der Waals surface area contributed by atoms with E-state index in [1.807, 2.05) is 35.2 Å². The molecule has 1 atom stereocenters. The maximum absolute atomic E-state index is 13.2. The van der Waals surface area contributed by atoms with Crippen LogP contribution in [0.4, 0.5) is 0 Å². The number of carbonyl (C=O) groups excluding carboxylic acids is 1. The zero-order valence-electron chi connectivity index (χ0n) is 16.4. The number of H-pyrrole nitrogens is 1. The molecule has 1 unspecified atom stereocenters. The van der Waals surface area contributed by atoms with Crippen molar-refractivity contribution in [3.63, 3.8) is 0 Å². The lowest BCUT2D eigenvalue weighted by molar-refractivity contribution is 0.0628. The molecule has 1 saturated heterocycles. The standard InChI is InChI=1S/C21H23N5O3/c1-28-19-6-5-14(10-20(19)29-2)16-11-17(25-24-16)21(27)26-9-8-23-13-18(26)15-4-3-7-22-12-15/h3-7,10-12,18,23H,8-9,13H2,1-2H3,(H,24,25). The van der Waals surface area contributed by atoms with E-state index in [2.05, 4.69) is 20.5 Å². The van der Waals surface area contributed by atoms with Crippen LogP contribution in [0.1, 0.15) is 22.1 Å². The SMILES string of the molecule is COc1ccc(-c2cc(C(=O)N3CCNCC3c3cccnc3)[nH]n2)cc1OC. The lowest BCUT2D eigenvalue weighted by atomic mass is 10.0. The molecule has 1 aromatic carbocycles. The average molecular weight is 393 g/mol. The summed E-state index contributed by atoms with van der Waals surface area (Å²) >= 11 is 0. The first-order valence-electron chi connectivity index (χ1n) is 9.40. The van der Waals surface area contributed by atoms with Crippen molar-refractivity contribution >= 4 is 5.91 Å². The first-order valence-corrected chi connectivity index (χ1v) is 9.40. The van der Waals surface area contributed by atoms with E-state index in [1.54, 1.807) is 32.7 Å². The number of amides is 1. The van der Waals surface area contributed by atoms with Crippen molar-refractivity contribution in [1.29, 1.82) is 0 Å². The van der Waals surface area contributed by atoms with Crippen LogP contribution >= 0.6 is 0 Å². The van der Waals surface area contributed by atoms with Crippen molar-refractivity contribution in [2.45, 2.75) is 6.04 Å².